The zero-order valence-electron chi connectivity index (χ0n) is 21.3. The average molecular weight is 500 g/mol. The maximum absolute atomic E-state index is 12.9. The lowest BCUT2D eigenvalue weighted by atomic mass is 9.98. The molecule has 2 N–H and O–H groups in total. The van der Waals surface area contributed by atoms with E-state index < -0.39 is 12.1 Å². The molecular formula is C30H33N3O4. The van der Waals surface area contributed by atoms with Crippen molar-refractivity contribution in [2.24, 2.45) is 5.92 Å². The lowest BCUT2D eigenvalue weighted by Gasteiger charge is -2.37. The van der Waals surface area contributed by atoms with Crippen LogP contribution in [0.4, 0.5) is 16.2 Å². The van der Waals surface area contributed by atoms with E-state index in [4.69, 9.17) is 4.74 Å². The summed E-state index contributed by atoms with van der Waals surface area (Å²) in [5, 5.41) is 12.4. The fourth-order valence-electron chi connectivity index (χ4n) is 5.47. The van der Waals surface area contributed by atoms with Crippen molar-refractivity contribution >= 4 is 23.4 Å². The number of amides is 1. The molecule has 3 aromatic carbocycles. The standard InChI is InChI=1S/C30H33N3O4/c1-20(2)18-32-13-15-33(16-14-32)21-11-12-26(29(34)35)28(17-21)31-30(36)37-19-27-24-9-5-3-7-22(24)23-8-4-6-10-25(23)27/h3-12,17,20,27H,13-16,18-19H2,1-2H3,(H,31,36)(H,34,35). The molecular weight excluding hydrogens is 466 g/mol. The number of piperazine rings is 1. The van der Waals surface area contributed by atoms with E-state index in [9.17, 15) is 14.7 Å². The normalized spacial score (nSPS) is 15.4. The third-order valence-corrected chi connectivity index (χ3v) is 7.17. The van der Waals surface area contributed by atoms with Crippen LogP contribution in [0, 0.1) is 5.92 Å². The van der Waals surface area contributed by atoms with Gasteiger partial charge in [-0.3, -0.25) is 10.2 Å². The predicted molar refractivity (Wildman–Crippen MR) is 146 cm³/mol. The van der Waals surface area contributed by atoms with Crippen molar-refractivity contribution in [1.82, 2.24) is 4.90 Å². The van der Waals surface area contributed by atoms with E-state index in [0.29, 0.717) is 5.92 Å². The summed E-state index contributed by atoms with van der Waals surface area (Å²) in [7, 11) is 0. The second-order valence-corrected chi connectivity index (χ2v) is 10.2. The molecule has 1 aliphatic heterocycles. The van der Waals surface area contributed by atoms with E-state index in [1.54, 1.807) is 12.1 Å². The Hall–Kier alpha value is -3.84. The number of hydrogen-bond acceptors (Lipinski definition) is 5. The number of anilines is 2. The molecule has 1 aliphatic carbocycles. The number of carboxylic acids is 1. The molecule has 0 bridgehead atoms. The highest BCUT2D eigenvalue weighted by atomic mass is 16.5. The van der Waals surface area contributed by atoms with E-state index in [1.807, 2.05) is 30.3 Å². The first-order chi connectivity index (χ1) is 17.9. The summed E-state index contributed by atoms with van der Waals surface area (Å²) >= 11 is 0. The Bertz CT molecular complexity index is 1250. The molecule has 0 saturated carbocycles. The molecule has 2 aliphatic rings. The molecule has 7 heteroatoms. The number of fused-ring (bicyclic) bond motifs is 3. The van der Waals surface area contributed by atoms with Crippen LogP contribution in [0.2, 0.25) is 0 Å². The summed E-state index contributed by atoms with van der Waals surface area (Å²) in [6.45, 7) is 9.28. The summed E-state index contributed by atoms with van der Waals surface area (Å²) in [5.41, 5.74) is 5.73. The first kappa shape index (κ1) is 24.8. The van der Waals surface area contributed by atoms with Crippen LogP contribution in [0.15, 0.2) is 66.7 Å². The number of carbonyl (C=O) groups is 2. The topological polar surface area (TPSA) is 82.1 Å². The van der Waals surface area contributed by atoms with Gasteiger partial charge in [0.1, 0.15) is 6.61 Å². The molecule has 1 saturated heterocycles. The van der Waals surface area contributed by atoms with Gasteiger partial charge in [0.2, 0.25) is 0 Å². The number of ether oxygens (including phenoxy) is 1. The Morgan fingerprint density at radius 3 is 2.16 bits per heavy atom. The zero-order chi connectivity index (χ0) is 25.9. The summed E-state index contributed by atoms with van der Waals surface area (Å²) in [4.78, 5) is 29.4. The van der Waals surface area contributed by atoms with Gasteiger partial charge in [0.25, 0.3) is 0 Å². The first-order valence-electron chi connectivity index (χ1n) is 12.9. The molecule has 7 nitrogen and oxygen atoms in total. The molecule has 0 radical (unpaired) electrons. The Kier molecular flexibility index (Phi) is 7.15. The van der Waals surface area contributed by atoms with Gasteiger partial charge in [0.15, 0.2) is 0 Å². The summed E-state index contributed by atoms with van der Waals surface area (Å²) < 4.78 is 5.65. The van der Waals surface area contributed by atoms with Gasteiger partial charge in [-0.1, -0.05) is 62.4 Å². The lowest BCUT2D eigenvalue weighted by molar-refractivity contribution is 0.0698. The quantitative estimate of drug-likeness (QED) is 0.445. The van der Waals surface area contributed by atoms with E-state index >= 15 is 0 Å². The van der Waals surface area contributed by atoms with Gasteiger partial charge in [-0.15, -0.1) is 0 Å². The molecule has 0 aromatic heterocycles. The molecule has 37 heavy (non-hydrogen) atoms. The minimum absolute atomic E-state index is 0.0377. The van der Waals surface area contributed by atoms with Crippen LogP contribution in [0.1, 0.15) is 41.3 Å². The third kappa shape index (κ3) is 5.32. The van der Waals surface area contributed by atoms with Crippen LogP contribution in [-0.4, -0.2) is 61.4 Å². The summed E-state index contributed by atoms with van der Waals surface area (Å²) in [6.07, 6.45) is -0.664. The number of rotatable bonds is 7. The number of hydrogen-bond donors (Lipinski definition) is 2. The lowest BCUT2D eigenvalue weighted by Crippen LogP contribution is -2.47. The molecule has 1 amide bonds. The number of nitrogens with zero attached hydrogens (tertiary/aromatic N) is 2. The van der Waals surface area contributed by atoms with E-state index in [2.05, 4.69) is 53.2 Å². The fourth-order valence-corrected chi connectivity index (χ4v) is 5.47. The maximum atomic E-state index is 12.9. The highest BCUT2D eigenvalue weighted by Gasteiger charge is 2.29. The monoisotopic (exact) mass is 499 g/mol. The predicted octanol–water partition coefficient (Wildman–Crippen LogP) is 5.52. The van der Waals surface area contributed by atoms with Crippen LogP contribution in [0.25, 0.3) is 11.1 Å². The van der Waals surface area contributed by atoms with Crippen LogP contribution >= 0.6 is 0 Å². The fraction of sp³-hybridized carbons (Fsp3) is 0.333. The van der Waals surface area contributed by atoms with Crippen molar-refractivity contribution in [1.29, 1.82) is 0 Å². The van der Waals surface area contributed by atoms with E-state index in [1.165, 1.54) is 0 Å². The molecule has 5 rings (SSSR count). The van der Waals surface area contributed by atoms with Gasteiger partial charge >= 0.3 is 12.1 Å². The van der Waals surface area contributed by atoms with Crippen molar-refractivity contribution in [3.63, 3.8) is 0 Å². The minimum Gasteiger partial charge on any atom is -0.478 e. The second-order valence-electron chi connectivity index (χ2n) is 10.2. The molecule has 0 atom stereocenters. The van der Waals surface area contributed by atoms with Crippen LogP contribution in [0.3, 0.4) is 0 Å². The average Bonchev–Trinajstić information content (AvgIpc) is 3.21. The molecule has 3 aromatic rings. The summed E-state index contributed by atoms with van der Waals surface area (Å²) in [5.74, 6) is -0.540. The van der Waals surface area contributed by atoms with Gasteiger partial charge < -0.3 is 14.7 Å². The van der Waals surface area contributed by atoms with Crippen molar-refractivity contribution in [2.45, 2.75) is 19.8 Å². The minimum atomic E-state index is -1.10. The van der Waals surface area contributed by atoms with Gasteiger partial charge in [-0.05, 0) is 46.4 Å². The molecule has 1 heterocycles. The number of carboxylic acid groups (broad SMARTS) is 1. The summed E-state index contributed by atoms with van der Waals surface area (Å²) in [6, 6.07) is 21.4. The molecule has 1 fully saturated rings. The van der Waals surface area contributed by atoms with Crippen LogP contribution in [-0.2, 0) is 4.74 Å². The Balaban J connectivity index is 1.28. The van der Waals surface area contributed by atoms with Crippen LogP contribution in [0.5, 0.6) is 0 Å². The highest BCUT2D eigenvalue weighted by Crippen LogP contribution is 2.44. The van der Waals surface area contributed by atoms with Gasteiger partial charge in [0, 0.05) is 44.3 Å². The van der Waals surface area contributed by atoms with Crippen LogP contribution < -0.4 is 10.2 Å². The van der Waals surface area contributed by atoms with E-state index in [-0.39, 0.29) is 23.8 Å². The van der Waals surface area contributed by atoms with Gasteiger partial charge in [-0.2, -0.15) is 0 Å². The van der Waals surface area contributed by atoms with Crippen molar-refractivity contribution in [3.05, 3.63) is 83.4 Å². The first-order valence-corrected chi connectivity index (χ1v) is 12.9. The number of carbonyl (C=O) groups excluding carboxylic acids is 1. The maximum Gasteiger partial charge on any atom is 0.411 e. The largest absolute Gasteiger partial charge is 0.478 e. The smallest absolute Gasteiger partial charge is 0.411 e. The number of benzene rings is 3. The van der Waals surface area contributed by atoms with Crippen molar-refractivity contribution < 1.29 is 19.4 Å². The Morgan fingerprint density at radius 1 is 0.946 bits per heavy atom. The number of nitrogens with one attached hydrogen (secondary N) is 1. The van der Waals surface area contributed by atoms with Crippen molar-refractivity contribution in [2.75, 3.05) is 49.5 Å². The molecule has 192 valence electrons. The molecule has 0 spiro atoms. The second kappa shape index (κ2) is 10.6. The number of aromatic carboxylic acids is 1. The van der Waals surface area contributed by atoms with Gasteiger partial charge in [-0.25, -0.2) is 9.59 Å². The highest BCUT2D eigenvalue weighted by molar-refractivity contribution is 5.99. The zero-order valence-corrected chi connectivity index (χ0v) is 21.3. The third-order valence-electron chi connectivity index (χ3n) is 7.17. The Morgan fingerprint density at radius 2 is 1.57 bits per heavy atom. The van der Waals surface area contributed by atoms with Crippen molar-refractivity contribution in [3.8, 4) is 11.1 Å². The van der Waals surface area contributed by atoms with Gasteiger partial charge in [0.05, 0.1) is 11.3 Å². The molecule has 0 unspecified atom stereocenters. The van der Waals surface area contributed by atoms with E-state index in [0.717, 1.165) is 60.7 Å². The Labute approximate surface area is 217 Å². The SMILES string of the molecule is CC(C)CN1CCN(c2ccc(C(=O)O)c(NC(=O)OCC3c4ccccc4-c4ccccc43)c2)CC1.